The van der Waals surface area contributed by atoms with E-state index in [1.165, 1.54) is 12.1 Å². The molecule has 0 aliphatic carbocycles. The molecule has 2 aliphatic rings. The summed E-state index contributed by atoms with van der Waals surface area (Å²) < 4.78 is 88.5. The van der Waals surface area contributed by atoms with Crippen LogP contribution in [0.1, 0.15) is 54.0 Å². The molecule has 0 bridgehead atoms. The molecule has 2 aromatic carbocycles. The van der Waals surface area contributed by atoms with Crippen LogP contribution in [0.3, 0.4) is 0 Å². The van der Waals surface area contributed by atoms with Crippen molar-refractivity contribution in [2.75, 3.05) is 6.54 Å². The summed E-state index contributed by atoms with van der Waals surface area (Å²) >= 11 is 6.15. The van der Waals surface area contributed by atoms with Gasteiger partial charge in [0.2, 0.25) is 0 Å². The van der Waals surface area contributed by atoms with Crippen LogP contribution >= 0.6 is 11.6 Å². The van der Waals surface area contributed by atoms with Gasteiger partial charge in [-0.05, 0) is 48.2 Å². The molecule has 0 radical (unpaired) electrons. The SMILES string of the molecule is FC(F)(F)c1cc([C@@H]2OC(c3cccc(Cl)c3)N3CCCC[C@H]23)c2cccc(C(F)(F)F)c2n1. The minimum atomic E-state index is -4.92. The summed E-state index contributed by atoms with van der Waals surface area (Å²) in [7, 11) is 0. The predicted molar refractivity (Wildman–Crippen MR) is 114 cm³/mol. The van der Waals surface area contributed by atoms with Crippen molar-refractivity contribution in [2.45, 2.75) is 50.0 Å². The Morgan fingerprint density at radius 1 is 0.941 bits per heavy atom. The number of halogens is 7. The van der Waals surface area contributed by atoms with E-state index in [-0.39, 0.29) is 17.0 Å². The highest BCUT2D eigenvalue weighted by Gasteiger charge is 2.46. The molecule has 1 unspecified atom stereocenters. The molecule has 10 heteroatoms. The van der Waals surface area contributed by atoms with E-state index in [9.17, 15) is 26.3 Å². The van der Waals surface area contributed by atoms with Crippen LogP contribution in [0.5, 0.6) is 0 Å². The van der Waals surface area contributed by atoms with Gasteiger partial charge in [0, 0.05) is 23.0 Å². The summed E-state index contributed by atoms with van der Waals surface area (Å²) in [5, 5.41) is 0.492. The summed E-state index contributed by atoms with van der Waals surface area (Å²) in [5.74, 6) is 0. The second kappa shape index (κ2) is 8.39. The topological polar surface area (TPSA) is 25.4 Å². The third-order valence-electron chi connectivity index (χ3n) is 6.43. The van der Waals surface area contributed by atoms with E-state index in [2.05, 4.69) is 9.88 Å². The van der Waals surface area contributed by atoms with Crippen LogP contribution < -0.4 is 0 Å². The number of piperidine rings is 1. The Hall–Kier alpha value is -2.36. The highest BCUT2D eigenvalue weighted by Crippen LogP contribution is 2.49. The van der Waals surface area contributed by atoms with E-state index in [1.807, 2.05) is 6.07 Å². The molecule has 3 atom stereocenters. The van der Waals surface area contributed by atoms with Crippen molar-refractivity contribution in [1.29, 1.82) is 0 Å². The maximum Gasteiger partial charge on any atom is 0.433 e. The number of benzene rings is 2. The van der Waals surface area contributed by atoms with Gasteiger partial charge in [0.1, 0.15) is 18.0 Å². The molecule has 0 saturated carbocycles. The molecule has 0 N–H and O–H groups in total. The summed E-state index contributed by atoms with van der Waals surface area (Å²) in [6, 6.07) is 10.9. The number of rotatable bonds is 2. The number of alkyl halides is 6. The van der Waals surface area contributed by atoms with E-state index in [4.69, 9.17) is 16.3 Å². The lowest BCUT2D eigenvalue weighted by Gasteiger charge is -2.33. The third kappa shape index (κ3) is 4.14. The van der Waals surface area contributed by atoms with Crippen LogP contribution in [0.4, 0.5) is 26.3 Å². The van der Waals surface area contributed by atoms with E-state index in [0.29, 0.717) is 18.0 Å². The van der Waals surface area contributed by atoms with Crippen LogP contribution in [0.25, 0.3) is 10.9 Å². The van der Waals surface area contributed by atoms with Crippen molar-refractivity contribution >= 4 is 22.5 Å². The number of pyridine rings is 1. The quantitative estimate of drug-likeness (QED) is 0.340. The Kier molecular flexibility index (Phi) is 5.77. The van der Waals surface area contributed by atoms with Gasteiger partial charge in [-0.3, -0.25) is 4.90 Å². The highest BCUT2D eigenvalue weighted by molar-refractivity contribution is 6.30. The first-order chi connectivity index (χ1) is 16.0. The van der Waals surface area contributed by atoms with Gasteiger partial charge in [0.05, 0.1) is 11.1 Å². The molecular formula is C24H19ClF6N2O. The number of aromatic nitrogens is 1. The number of fused-ring (bicyclic) bond motifs is 2. The zero-order chi connectivity index (χ0) is 24.3. The van der Waals surface area contributed by atoms with Crippen molar-refractivity contribution in [2.24, 2.45) is 0 Å². The first kappa shape index (κ1) is 23.4. The largest absolute Gasteiger partial charge is 0.433 e. The zero-order valence-electron chi connectivity index (χ0n) is 17.6. The number of hydrogen-bond acceptors (Lipinski definition) is 3. The van der Waals surface area contributed by atoms with Crippen molar-refractivity contribution in [3.05, 3.63) is 75.9 Å². The average molecular weight is 501 g/mol. The molecular weight excluding hydrogens is 482 g/mol. The van der Waals surface area contributed by atoms with Crippen molar-refractivity contribution < 1.29 is 31.1 Å². The molecule has 34 heavy (non-hydrogen) atoms. The van der Waals surface area contributed by atoms with Gasteiger partial charge in [0.15, 0.2) is 0 Å². The lowest BCUT2D eigenvalue weighted by molar-refractivity contribution is -0.142. The second-order valence-electron chi connectivity index (χ2n) is 8.56. The number of para-hydroxylation sites is 1. The number of nitrogens with zero attached hydrogens (tertiary/aromatic N) is 2. The highest BCUT2D eigenvalue weighted by atomic mass is 35.5. The third-order valence-corrected chi connectivity index (χ3v) is 6.66. The van der Waals surface area contributed by atoms with E-state index < -0.39 is 41.5 Å². The summed E-state index contributed by atoms with van der Waals surface area (Å²) in [6.07, 6.45) is -8.84. The summed E-state index contributed by atoms with van der Waals surface area (Å²) in [6.45, 7) is 0.654. The second-order valence-corrected chi connectivity index (χ2v) is 9.00. The van der Waals surface area contributed by atoms with Crippen LogP contribution in [0.2, 0.25) is 5.02 Å². The fourth-order valence-corrected chi connectivity index (χ4v) is 5.20. The predicted octanol–water partition coefficient (Wildman–Crippen LogP) is 7.55. The summed E-state index contributed by atoms with van der Waals surface area (Å²) in [4.78, 5) is 5.47. The first-order valence-electron chi connectivity index (χ1n) is 10.8. The molecule has 5 rings (SSSR count). The normalized spacial score (nSPS) is 23.9. The first-order valence-corrected chi connectivity index (χ1v) is 11.2. The van der Waals surface area contributed by atoms with E-state index >= 15 is 0 Å². The zero-order valence-corrected chi connectivity index (χ0v) is 18.4. The maximum atomic E-state index is 13.7. The molecule has 2 aliphatic heterocycles. The smallest absolute Gasteiger partial charge is 0.349 e. The monoisotopic (exact) mass is 500 g/mol. The minimum absolute atomic E-state index is 0.00472. The fraction of sp³-hybridized carbons (Fsp3) is 0.375. The van der Waals surface area contributed by atoms with Gasteiger partial charge in [-0.2, -0.15) is 26.3 Å². The van der Waals surface area contributed by atoms with Crippen molar-refractivity contribution in [3.8, 4) is 0 Å². The standard InChI is InChI=1S/C24H19ClF6N2O/c25-14-6-3-5-13(11-14)22-33-10-2-1-9-18(33)21(34-22)16-12-19(24(29,30)31)32-20-15(16)7-4-8-17(20)23(26,27)28/h3-8,11-12,18,21-22H,1-2,9-10H2/t18-,21+,22?/m1/s1. The Balaban J connectivity index is 1.70. The molecule has 2 fully saturated rings. The summed E-state index contributed by atoms with van der Waals surface area (Å²) in [5.41, 5.74) is -2.50. The van der Waals surface area contributed by atoms with E-state index in [0.717, 1.165) is 30.5 Å². The lowest BCUT2D eigenvalue weighted by atomic mass is 9.91. The molecule has 0 amide bonds. The minimum Gasteiger partial charge on any atom is -0.349 e. The molecule has 1 aromatic heterocycles. The van der Waals surface area contributed by atoms with Crippen LogP contribution in [-0.4, -0.2) is 22.5 Å². The maximum absolute atomic E-state index is 13.7. The van der Waals surface area contributed by atoms with Gasteiger partial charge >= 0.3 is 12.4 Å². The number of hydrogen-bond donors (Lipinski definition) is 0. The Labute approximate surface area is 196 Å². The Morgan fingerprint density at radius 2 is 1.71 bits per heavy atom. The van der Waals surface area contributed by atoms with Crippen LogP contribution in [-0.2, 0) is 17.1 Å². The fourth-order valence-electron chi connectivity index (χ4n) is 5.00. The van der Waals surface area contributed by atoms with Gasteiger partial charge in [-0.1, -0.05) is 42.3 Å². The molecule has 0 spiro atoms. The Morgan fingerprint density at radius 3 is 2.41 bits per heavy atom. The number of ether oxygens (including phenoxy) is 1. The van der Waals surface area contributed by atoms with Crippen LogP contribution in [0, 0.1) is 0 Å². The molecule has 3 heterocycles. The lowest BCUT2D eigenvalue weighted by Crippen LogP contribution is -2.37. The van der Waals surface area contributed by atoms with Gasteiger partial charge in [-0.15, -0.1) is 0 Å². The molecule has 3 nitrogen and oxygen atoms in total. The van der Waals surface area contributed by atoms with Crippen molar-refractivity contribution in [1.82, 2.24) is 9.88 Å². The average Bonchev–Trinajstić information content (AvgIpc) is 3.16. The van der Waals surface area contributed by atoms with Gasteiger partial charge < -0.3 is 4.74 Å². The Bertz CT molecular complexity index is 1230. The van der Waals surface area contributed by atoms with Crippen molar-refractivity contribution in [3.63, 3.8) is 0 Å². The molecule has 180 valence electrons. The van der Waals surface area contributed by atoms with Gasteiger partial charge in [-0.25, -0.2) is 4.98 Å². The van der Waals surface area contributed by atoms with E-state index in [1.54, 1.807) is 18.2 Å². The van der Waals surface area contributed by atoms with Crippen LogP contribution in [0.15, 0.2) is 48.5 Å². The van der Waals surface area contributed by atoms with Gasteiger partial charge in [0.25, 0.3) is 0 Å². The molecule has 3 aromatic rings. The molecule has 2 saturated heterocycles.